The molecule has 2 rings (SSSR count). The van der Waals surface area contributed by atoms with Crippen LogP contribution in [-0.4, -0.2) is 36.3 Å². The summed E-state index contributed by atoms with van der Waals surface area (Å²) in [6, 6.07) is 3.57. The van der Waals surface area contributed by atoms with E-state index in [0.717, 1.165) is 22.6 Å². The number of carbonyl (C=O) groups is 1. The molecule has 0 aromatic heterocycles. The van der Waals surface area contributed by atoms with Crippen LogP contribution in [0.15, 0.2) is 27.5 Å². The summed E-state index contributed by atoms with van der Waals surface area (Å²) in [5, 5.41) is 21.8. The molecule has 1 aromatic carbocycles. The van der Waals surface area contributed by atoms with Crippen molar-refractivity contribution in [3.63, 3.8) is 0 Å². The quantitative estimate of drug-likeness (QED) is 0.303. The average Bonchev–Trinajstić information content (AvgIpc) is 3.38. The van der Waals surface area contributed by atoms with E-state index in [1.165, 1.54) is 18.8 Å². The molecule has 7 heteroatoms. The second kappa shape index (κ2) is 7.64. The molecule has 1 fully saturated rings. The Balaban J connectivity index is 2.60. The molecular formula is C16H19ClN2O2S2. The van der Waals surface area contributed by atoms with Crippen molar-refractivity contribution in [1.82, 2.24) is 5.32 Å². The summed E-state index contributed by atoms with van der Waals surface area (Å²) in [5.74, 6) is -0.641. The Kier molecular flexibility index (Phi) is 6.06. The van der Waals surface area contributed by atoms with Crippen molar-refractivity contribution in [3.8, 4) is 0 Å². The predicted octanol–water partition coefficient (Wildman–Crippen LogP) is 4.23. The Hall–Kier alpha value is -1.11. The number of nitrogens with one attached hydrogen (secondary N) is 2. The maximum Gasteiger partial charge on any atom is 0.256 e. The van der Waals surface area contributed by atoms with Crippen LogP contribution >= 0.6 is 35.1 Å². The van der Waals surface area contributed by atoms with Gasteiger partial charge in [-0.1, -0.05) is 11.6 Å². The van der Waals surface area contributed by atoms with Crippen molar-refractivity contribution in [2.45, 2.75) is 22.6 Å². The van der Waals surface area contributed by atoms with E-state index in [1.807, 2.05) is 18.6 Å². The second-order valence-electron chi connectivity index (χ2n) is 5.15. The van der Waals surface area contributed by atoms with Gasteiger partial charge in [0.05, 0.1) is 10.7 Å². The van der Waals surface area contributed by atoms with Gasteiger partial charge in [0, 0.05) is 28.3 Å². The van der Waals surface area contributed by atoms with E-state index >= 15 is 0 Å². The summed E-state index contributed by atoms with van der Waals surface area (Å²) >= 11 is 9.51. The fraction of sp³-hybridized carbons (Fsp3) is 0.375. The van der Waals surface area contributed by atoms with Crippen LogP contribution in [0, 0.1) is 11.3 Å². The number of halogens is 1. The summed E-state index contributed by atoms with van der Waals surface area (Å²) in [6.07, 6.45) is 5.63. The molecule has 0 saturated heterocycles. The maximum absolute atomic E-state index is 12.2. The maximum atomic E-state index is 12.2. The van der Waals surface area contributed by atoms with Gasteiger partial charge in [-0.25, -0.2) is 0 Å². The minimum Gasteiger partial charge on any atom is -0.506 e. The van der Waals surface area contributed by atoms with Gasteiger partial charge in [-0.15, -0.1) is 23.5 Å². The standard InChI is InChI=1S/C16H19ClN2O2S2/c1-19-16(21)11(13(18)8-4-5-8)14(20)9-6-7-10(22-2)15(23-3)12(9)17/h6-8,18,20H,4-5H2,1-3H3,(H,19,21). The Bertz CT molecular complexity index is 685. The highest BCUT2D eigenvalue weighted by Gasteiger charge is 2.33. The molecule has 3 N–H and O–H groups in total. The SMILES string of the molecule is CNC(=O)C(C(=N)C1CC1)=C(O)c1ccc(SC)c(SC)c1Cl. The third-order valence-corrected chi connectivity index (χ3v) is 5.93. The molecule has 1 aliphatic carbocycles. The average molecular weight is 371 g/mol. The molecule has 0 spiro atoms. The Morgan fingerprint density at radius 1 is 1.35 bits per heavy atom. The summed E-state index contributed by atoms with van der Waals surface area (Å²) in [5.41, 5.74) is 0.580. The Morgan fingerprint density at radius 3 is 2.48 bits per heavy atom. The topological polar surface area (TPSA) is 73.2 Å². The zero-order valence-corrected chi connectivity index (χ0v) is 15.6. The number of hydrogen-bond donors (Lipinski definition) is 3. The van der Waals surface area contributed by atoms with Crippen molar-refractivity contribution < 1.29 is 9.90 Å². The lowest BCUT2D eigenvalue weighted by Gasteiger charge is -2.15. The van der Waals surface area contributed by atoms with Gasteiger partial charge in [-0.3, -0.25) is 4.79 Å². The minimum absolute atomic E-state index is 0.0147. The van der Waals surface area contributed by atoms with Crippen LogP contribution in [0.2, 0.25) is 5.02 Å². The van der Waals surface area contributed by atoms with Gasteiger partial charge in [0.2, 0.25) is 0 Å². The van der Waals surface area contributed by atoms with Gasteiger partial charge < -0.3 is 15.8 Å². The lowest BCUT2D eigenvalue weighted by molar-refractivity contribution is -0.116. The van der Waals surface area contributed by atoms with Gasteiger partial charge in [-0.05, 0) is 37.5 Å². The highest BCUT2D eigenvalue weighted by Crippen LogP contribution is 2.40. The van der Waals surface area contributed by atoms with E-state index in [2.05, 4.69) is 5.32 Å². The molecular weight excluding hydrogens is 352 g/mol. The first kappa shape index (κ1) is 18.2. The van der Waals surface area contributed by atoms with Crippen LogP contribution in [0.5, 0.6) is 0 Å². The molecule has 1 aliphatic rings. The zero-order valence-electron chi connectivity index (χ0n) is 13.2. The molecule has 4 nitrogen and oxygen atoms in total. The highest BCUT2D eigenvalue weighted by molar-refractivity contribution is 8.01. The molecule has 0 bridgehead atoms. The van der Waals surface area contributed by atoms with Crippen LogP contribution in [0.4, 0.5) is 0 Å². The van der Waals surface area contributed by atoms with Crippen LogP contribution in [0.3, 0.4) is 0 Å². The normalized spacial score (nSPS) is 15.1. The Morgan fingerprint density at radius 2 is 2.00 bits per heavy atom. The molecule has 1 amide bonds. The number of thioether (sulfide) groups is 2. The number of hydrogen-bond acceptors (Lipinski definition) is 5. The lowest BCUT2D eigenvalue weighted by Crippen LogP contribution is -2.26. The van der Waals surface area contributed by atoms with E-state index in [0.29, 0.717) is 10.6 Å². The van der Waals surface area contributed by atoms with Gasteiger partial charge in [0.25, 0.3) is 5.91 Å². The van der Waals surface area contributed by atoms with Crippen LogP contribution in [0.1, 0.15) is 18.4 Å². The van der Waals surface area contributed by atoms with Crippen LogP contribution in [-0.2, 0) is 4.79 Å². The molecule has 0 heterocycles. The first-order chi connectivity index (χ1) is 11.0. The van der Waals surface area contributed by atoms with Crippen molar-refractivity contribution in [2.24, 2.45) is 5.92 Å². The number of likely N-dealkylation sites (N-methyl/N-ethyl adjacent to an activating group) is 1. The van der Waals surface area contributed by atoms with Crippen molar-refractivity contribution in [3.05, 3.63) is 28.3 Å². The summed E-state index contributed by atoms with van der Waals surface area (Å²) in [4.78, 5) is 14.0. The van der Waals surface area contributed by atoms with E-state index in [1.54, 1.807) is 17.8 Å². The van der Waals surface area contributed by atoms with Gasteiger partial charge in [0.15, 0.2) is 0 Å². The second-order valence-corrected chi connectivity index (χ2v) is 7.20. The largest absolute Gasteiger partial charge is 0.506 e. The van der Waals surface area contributed by atoms with Crippen LogP contribution < -0.4 is 5.32 Å². The third kappa shape index (κ3) is 3.70. The third-order valence-electron chi connectivity index (χ3n) is 3.69. The summed E-state index contributed by atoms with van der Waals surface area (Å²) in [7, 11) is 1.49. The fourth-order valence-corrected chi connectivity index (χ4v) is 4.36. The minimum atomic E-state index is -0.463. The molecule has 23 heavy (non-hydrogen) atoms. The van der Waals surface area contributed by atoms with Gasteiger partial charge in [-0.2, -0.15) is 0 Å². The van der Waals surface area contributed by atoms with E-state index in [4.69, 9.17) is 17.0 Å². The highest BCUT2D eigenvalue weighted by atomic mass is 35.5. The lowest BCUT2D eigenvalue weighted by atomic mass is 10.0. The number of aliphatic hydroxyl groups is 1. The van der Waals surface area contributed by atoms with Gasteiger partial charge in [0.1, 0.15) is 11.3 Å². The predicted molar refractivity (Wildman–Crippen MR) is 99.1 cm³/mol. The summed E-state index contributed by atoms with van der Waals surface area (Å²) in [6.45, 7) is 0. The number of aliphatic hydroxyl groups excluding tert-OH is 1. The van der Waals surface area contributed by atoms with E-state index in [9.17, 15) is 9.90 Å². The first-order valence-corrected chi connectivity index (χ1v) is 9.93. The monoisotopic (exact) mass is 370 g/mol. The number of amides is 1. The smallest absolute Gasteiger partial charge is 0.256 e. The molecule has 1 saturated carbocycles. The van der Waals surface area contributed by atoms with E-state index < -0.39 is 5.91 Å². The number of carbonyl (C=O) groups excluding carboxylic acids is 1. The Labute approximate surface area is 149 Å². The molecule has 124 valence electrons. The molecule has 0 unspecified atom stereocenters. The molecule has 1 aromatic rings. The van der Waals surface area contributed by atoms with Gasteiger partial charge >= 0.3 is 0 Å². The molecule has 0 radical (unpaired) electrons. The van der Waals surface area contributed by atoms with Crippen molar-refractivity contribution >= 4 is 52.5 Å². The fourth-order valence-electron chi connectivity index (χ4n) is 2.27. The zero-order chi connectivity index (χ0) is 17.1. The van der Waals surface area contributed by atoms with Crippen molar-refractivity contribution in [1.29, 1.82) is 5.41 Å². The van der Waals surface area contributed by atoms with Crippen molar-refractivity contribution in [2.75, 3.05) is 19.6 Å². The molecule has 0 atom stereocenters. The van der Waals surface area contributed by atoms with E-state index in [-0.39, 0.29) is 23.0 Å². The van der Waals surface area contributed by atoms with Crippen LogP contribution in [0.25, 0.3) is 5.76 Å². The number of rotatable bonds is 6. The number of benzene rings is 1. The first-order valence-electron chi connectivity index (χ1n) is 7.11. The molecule has 0 aliphatic heterocycles. The summed E-state index contributed by atoms with van der Waals surface area (Å²) < 4.78 is 0.